The van der Waals surface area contributed by atoms with Gasteiger partial charge in [-0.15, -0.1) is 0 Å². The maximum absolute atomic E-state index is 11.9. The van der Waals surface area contributed by atoms with Gasteiger partial charge >= 0.3 is 6.18 Å². The van der Waals surface area contributed by atoms with Crippen LogP contribution < -0.4 is 16.2 Å². The Balaban J connectivity index is 2.65. The summed E-state index contributed by atoms with van der Waals surface area (Å²) >= 11 is 0. The largest absolute Gasteiger partial charge is 0.405 e. The van der Waals surface area contributed by atoms with E-state index in [-0.39, 0.29) is 6.04 Å². The summed E-state index contributed by atoms with van der Waals surface area (Å²) in [4.78, 5) is 22.9. The van der Waals surface area contributed by atoms with Gasteiger partial charge in [0.15, 0.2) is 0 Å². The van der Waals surface area contributed by atoms with Gasteiger partial charge in [-0.3, -0.25) is 9.59 Å². The molecular formula is C11H15F3N4O2. The van der Waals surface area contributed by atoms with E-state index in [1.54, 1.807) is 5.32 Å². The van der Waals surface area contributed by atoms with E-state index in [1.807, 2.05) is 13.8 Å². The van der Waals surface area contributed by atoms with Crippen LogP contribution in [-0.4, -0.2) is 34.5 Å². The normalized spacial score (nSPS) is 11.5. The number of amides is 1. The fourth-order valence-electron chi connectivity index (χ4n) is 1.36. The van der Waals surface area contributed by atoms with Crippen LogP contribution in [0, 0.1) is 0 Å². The minimum Gasteiger partial charge on any atom is -0.381 e. The maximum Gasteiger partial charge on any atom is 0.405 e. The highest BCUT2D eigenvalue weighted by Gasteiger charge is 2.27. The third-order valence-corrected chi connectivity index (χ3v) is 2.10. The first kappa shape index (κ1) is 16.0. The first-order valence-corrected chi connectivity index (χ1v) is 5.84. The Labute approximate surface area is 113 Å². The average Bonchev–Trinajstić information content (AvgIpc) is 2.28. The minimum atomic E-state index is -4.49. The van der Waals surface area contributed by atoms with E-state index in [1.165, 1.54) is 12.3 Å². The molecule has 0 aliphatic rings. The van der Waals surface area contributed by atoms with E-state index >= 15 is 0 Å². The van der Waals surface area contributed by atoms with Crippen molar-refractivity contribution < 1.29 is 18.0 Å². The maximum atomic E-state index is 11.9. The van der Waals surface area contributed by atoms with Gasteiger partial charge in [-0.2, -0.15) is 18.3 Å². The molecule has 1 aromatic heterocycles. The molecule has 0 bridgehead atoms. The predicted molar refractivity (Wildman–Crippen MR) is 66.3 cm³/mol. The molecule has 0 saturated heterocycles. The van der Waals surface area contributed by atoms with Crippen LogP contribution in [0.3, 0.4) is 0 Å². The fraction of sp³-hybridized carbons (Fsp3) is 0.545. The summed E-state index contributed by atoms with van der Waals surface area (Å²) in [5.41, 5.74) is -0.0882. The predicted octanol–water partition coefficient (Wildman–Crippen LogP) is 0.742. The highest BCUT2D eigenvalue weighted by Crippen LogP contribution is 2.11. The highest BCUT2D eigenvalue weighted by atomic mass is 19.4. The van der Waals surface area contributed by atoms with Crippen LogP contribution in [0.1, 0.15) is 13.8 Å². The molecule has 0 atom stereocenters. The number of alkyl halides is 3. The number of halogens is 3. The molecule has 112 valence electrons. The molecule has 20 heavy (non-hydrogen) atoms. The third-order valence-electron chi connectivity index (χ3n) is 2.10. The molecule has 0 unspecified atom stereocenters. The van der Waals surface area contributed by atoms with Gasteiger partial charge in [0.25, 0.3) is 5.56 Å². The summed E-state index contributed by atoms with van der Waals surface area (Å²) in [5.74, 6) is -0.929. The Hall–Kier alpha value is -2.06. The van der Waals surface area contributed by atoms with Crippen molar-refractivity contribution in [2.45, 2.75) is 32.6 Å². The Morgan fingerprint density at radius 1 is 1.45 bits per heavy atom. The Kier molecular flexibility index (Phi) is 5.12. The van der Waals surface area contributed by atoms with Crippen molar-refractivity contribution in [3.63, 3.8) is 0 Å². The summed E-state index contributed by atoms with van der Waals surface area (Å²) < 4.78 is 36.5. The minimum absolute atomic E-state index is 0.0992. The molecule has 1 heterocycles. The standard InChI is InChI=1S/C11H15F3N4O2/c1-7(2)17-8-3-10(20)18(16-4-8)5-9(19)15-6-11(12,13)14/h3-4,7,17H,5-6H2,1-2H3,(H,15,19). The molecule has 0 spiro atoms. The summed E-state index contributed by atoms with van der Waals surface area (Å²) in [5, 5.41) is 8.33. The zero-order chi connectivity index (χ0) is 15.3. The summed E-state index contributed by atoms with van der Waals surface area (Å²) in [6.45, 7) is 1.75. The van der Waals surface area contributed by atoms with Gasteiger partial charge in [0.1, 0.15) is 13.1 Å². The summed E-state index contributed by atoms with van der Waals surface area (Å²) in [6.07, 6.45) is -3.16. The molecule has 0 radical (unpaired) electrons. The SMILES string of the molecule is CC(C)Nc1cnn(CC(=O)NCC(F)(F)F)c(=O)c1. The number of anilines is 1. The number of hydrogen-bond acceptors (Lipinski definition) is 4. The number of carbonyl (C=O) groups is 1. The number of nitrogens with one attached hydrogen (secondary N) is 2. The van der Waals surface area contributed by atoms with Crippen molar-refractivity contribution in [1.29, 1.82) is 0 Å². The molecule has 0 fully saturated rings. The van der Waals surface area contributed by atoms with Crippen LogP contribution in [-0.2, 0) is 11.3 Å². The van der Waals surface area contributed by atoms with Crippen LogP contribution >= 0.6 is 0 Å². The number of carbonyl (C=O) groups excluding carboxylic acids is 1. The first-order valence-electron chi connectivity index (χ1n) is 5.84. The van der Waals surface area contributed by atoms with Crippen molar-refractivity contribution in [3.8, 4) is 0 Å². The number of rotatable bonds is 5. The number of nitrogens with zero attached hydrogens (tertiary/aromatic N) is 2. The molecule has 0 aromatic carbocycles. The highest BCUT2D eigenvalue weighted by molar-refractivity contribution is 5.75. The van der Waals surface area contributed by atoms with Gasteiger partial charge in [-0.1, -0.05) is 0 Å². The van der Waals surface area contributed by atoms with Gasteiger partial charge in [-0.05, 0) is 13.8 Å². The second-order valence-electron chi connectivity index (χ2n) is 4.43. The van der Waals surface area contributed by atoms with Crippen molar-refractivity contribution >= 4 is 11.6 Å². The van der Waals surface area contributed by atoms with Gasteiger partial charge in [0, 0.05) is 12.1 Å². The van der Waals surface area contributed by atoms with E-state index in [0.717, 1.165) is 4.68 Å². The van der Waals surface area contributed by atoms with Crippen LogP contribution in [0.4, 0.5) is 18.9 Å². The van der Waals surface area contributed by atoms with Crippen molar-refractivity contribution in [1.82, 2.24) is 15.1 Å². The van der Waals surface area contributed by atoms with Crippen LogP contribution in [0.2, 0.25) is 0 Å². The molecule has 6 nitrogen and oxygen atoms in total. The van der Waals surface area contributed by atoms with Crippen molar-refractivity contribution in [2.24, 2.45) is 0 Å². The lowest BCUT2D eigenvalue weighted by Crippen LogP contribution is -2.38. The Morgan fingerprint density at radius 2 is 2.10 bits per heavy atom. The molecule has 0 aliphatic carbocycles. The second kappa shape index (κ2) is 6.40. The van der Waals surface area contributed by atoms with Gasteiger partial charge < -0.3 is 10.6 Å². The lowest BCUT2D eigenvalue weighted by Gasteiger charge is -2.11. The van der Waals surface area contributed by atoms with Crippen molar-refractivity contribution in [2.75, 3.05) is 11.9 Å². The molecule has 1 amide bonds. The van der Waals surface area contributed by atoms with Gasteiger partial charge in [0.2, 0.25) is 5.91 Å². The fourth-order valence-corrected chi connectivity index (χ4v) is 1.36. The average molecular weight is 292 g/mol. The van der Waals surface area contributed by atoms with Crippen LogP contribution in [0.5, 0.6) is 0 Å². The molecule has 0 saturated carbocycles. The van der Waals surface area contributed by atoms with E-state index in [0.29, 0.717) is 5.69 Å². The van der Waals surface area contributed by atoms with Crippen molar-refractivity contribution in [3.05, 3.63) is 22.6 Å². The second-order valence-corrected chi connectivity index (χ2v) is 4.43. The molecule has 1 rings (SSSR count). The molecule has 2 N–H and O–H groups in total. The van der Waals surface area contributed by atoms with Gasteiger partial charge in [-0.25, -0.2) is 4.68 Å². The lowest BCUT2D eigenvalue weighted by atomic mass is 10.3. The summed E-state index contributed by atoms with van der Waals surface area (Å²) in [7, 11) is 0. The monoisotopic (exact) mass is 292 g/mol. The zero-order valence-electron chi connectivity index (χ0n) is 11.0. The third kappa shape index (κ3) is 5.72. The molecule has 1 aromatic rings. The Bertz CT molecular complexity index is 525. The molecular weight excluding hydrogens is 277 g/mol. The first-order chi connectivity index (χ1) is 9.17. The van der Waals surface area contributed by atoms with E-state index in [4.69, 9.17) is 0 Å². The van der Waals surface area contributed by atoms with E-state index in [9.17, 15) is 22.8 Å². The van der Waals surface area contributed by atoms with E-state index in [2.05, 4.69) is 10.4 Å². The quantitative estimate of drug-likeness (QED) is 0.839. The topological polar surface area (TPSA) is 76.0 Å². The lowest BCUT2D eigenvalue weighted by molar-refractivity contribution is -0.138. The van der Waals surface area contributed by atoms with Gasteiger partial charge in [0.05, 0.1) is 11.9 Å². The molecule has 9 heteroatoms. The smallest absolute Gasteiger partial charge is 0.381 e. The molecule has 0 aliphatic heterocycles. The summed E-state index contributed by atoms with van der Waals surface area (Å²) in [6, 6.07) is 1.33. The number of aromatic nitrogens is 2. The number of hydrogen-bond donors (Lipinski definition) is 2. The van der Waals surface area contributed by atoms with E-state index < -0.39 is 30.7 Å². The van der Waals surface area contributed by atoms with Crippen LogP contribution in [0.25, 0.3) is 0 Å². The Morgan fingerprint density at radius 3 is 2.60 bits per heavy atom. The zero-order valence-corrected chi connectivity index (χ0v) is 11.0. The van der Waals surface area contributed by atoms with Crippen LogP contribution in [0.15, 0.2) is 17.1 Å².